The molecule has 23 heavy (non-hydrogen) atoms. The smallest absolute Gasteiger partial charge is 0.272 e. The van der Waals surface area contributed by atoms with Crippen molar-refractivity contribution in [3.8, 4) is 0 Å². The maximum atomic E-state index is 12.1. The standard InChI is InChI=1S/C17H18N4O2/c1-2-11-3-5-12(6-4-11)7-8-13-9-16(22)21-15(19-13)10-14(20-21)17(18)23/h3-6,9-10,20H,2,7-8H2,1H3,(H2,18,23). The summed E-state index contributed by atoms with van der Waals surface area (Å²) in [6.07, 6.45) is 2.49. The van der Waals surface area contributed by atoms with Crippen LogP contribution < -0.4 is 11.3 Å². The second-order valence-electron chi connectivity index (χ2n) is 5.48. The number of H-pyrrole nitrogens is 1. The SMILES string of the molecule is CCc1ccc(CCc2cc(=O)n3[nH]c(C(N)=O)cc3n2)cc1. The zero-order valence-corrected chi connectivity index (χ0v) is 12.9. The minimum absolute atomic E-state index is 0.168. The van der Waals surface area contributed by atoms with E-state index in [0.717, 1.165) is 12.8 Å². The summed E-state index contributed by atoms with van der Waals surface area (Å²) in [5.41, 5.74) is 8.74. The number of amides is 1. The van der Waals surface area contributed by atoms with E-state index in [-0.39, 0.29) is 11.3 Å². The third kappa shape index (κ3) is 3.15. The molecule has 118 valence electrons. The van der Waals surface area contributed by atoms with E-state index in [4.69, 9.17) is 5.73 Å². The topological polar surface area (TPSA) is 93.2 Å². The molecule has 0 unspecified atom stereocenters. The highest BCUT2D eigenvalue weighted by molar-refractivity contribution is 5.91. The Labute approximate surface area is 133 Å². The number of nitrogens with one attached hydrogen (secondary N) is 1. The number of fused-ring (bicyclic) bond motifs is 1. The van der Waals surface area contributed by atoms with Gasteiger partial charge in [-0.2, -0.15) is 0 Å². The molecule has 6 heteroatoms. The fourth-order valence-electron chi connectivity index (χ4n) is 2.51. The van der Waals surface area contributed by atoms with Gasteiger partial charge in [0.25, 0.3) is 11.5 Å². The predicted octanol–water partition coefficient (Wildman–Crippen LogP) is 1.47. The maximum absolute atomic E-state index is 12.1. The van der Waals surface area contributed by atoms with E-state index in [0.29, 0.717) is 17.8 Å². The van der Waals surface area contributed by atoms with Gasteiger partial charge in [0.1, 0.15) is 5.69 Å². The number of aromatic amines is 1. The van der Waals surface area contributed by atoms with Crippen LogP contribution in [0.25, 0.3) is 5.65 Å². The number of hydrogen-bond donors (Lipinski definition) is 2. The Morgan fingerprint density at radius 1 is 1.17 bits per heavy atom. The molecular formula is C17H18N4O2. The van der Waals surface area contributed by atoms with E-state index in [2.05, 4.69) is 41.3 Å². The van der Waals surface area contributed by atoms with Gasteiger partial charge >= 0.3 is 0 Å². The van der Waals surface area contributed by atoms with Gasteiger partial charge in [-0.25, -0.2) is 9.50 Å². The van der Waals surface area contributed by atoms with Crippen LogP contribution in [0.5, 0.6) is 0 Å². The number of aryl methyl sites for hydroxylation is 3. The first-order chi connectivity index (χ1) is 11.1. The highest BCUT2D eigenvalue weighted by Crippen LogP contribution is 2.09. The largest absolute Gasteiger partial charge is 0.364 e. The molecule has 0 atom stereocenters. The minimum atomic E-state index is -0.618. The summed E-state index contributed by atoms with van der Waals surface area (Å²) in [6, 6.07) is 11.4. The quantitative estimate of drug-likeness (QED) is 0.747. The van der Waals surface area contributed by atoms with Crippen LogP contribution in [0.4, 0.5) is 0 Å². The molecule has 0 aliphatic carbocycles. The molecule has 3 aromatic rings. The summed E-state index contributed by atoms with van der Waals surface area (Å²) < 4.78 is 1.22. The van der Waals surface area contributed by atoms with Crippen LogP contribution in [-0.2, 0) is 19.3 Å². The lowest BCUT2D eigenvalue weighted by atomic mass is 10.1. The molecule has 0 bridgehead atoms. The average Bonchev–Trinajstić information content (AvgIpc) is 2.98. The van der Waals surface area contributed by atoms with E-state index in [1.165, 1.54) is 27.8 Å². The molecule has 1 amide bonds. The fraction of sp³-hybridized carbons (Fsp3) is 0.235. The Hall–Kier alpha value is -2.89. The van der Waals surface area contributed by atoms with Gasteiger partial charge in [0, 0.05) is 17.8 Å². The van der Waals surface area contributed by atoms with Crippen LogP contribution in [0.3, 0.4) is 0 Å². The van der Waals surface area contributed by atoms with Crippen molar-refractivity contribution in [1.82, 2.24) is 14.6 Å². The van der Waals surface area contributed by atoms with Gasteiger partial charge in [0.2, 0.25) is 0 Å². The minimum Gasteiger partial charge on any atom is -0.364 e. The number of carbonyl (C=O) groups excluding carboxylic acids is 1. The Morgan fingerprint density at radius 2 is 1.87 bits per heavy atom. The van der Waals surface area contributed by atoms with Crippen molar-refractivity contribution in [3.63, 3.8) is 0 Å². The second-order valence-corrected chi connectivity index (χ2v) is 5.48. The summed E-state index contributed by atoms with van der Waals surface area (Å²) in [5, 5.41) is 2.64. The highest BCUT2D eigenvalue weighted by Gasteiger charge is 2.09. The van der Waals surface area contributed by atoms with Crippen molar-refractivity contribution in [3.05, 3.63) is 69.3 Å². The number of nitrogens with zero attached hydrogens (tertiary/aromatic N) is 2. The average molecular weight is 310 g/mol. The molecule has 3 N–H and O–H groups in total. The molecule has 0 aliphatic rings. The van der Waals surface area contributed by atoms with Gasteiger partial charge in [0.05, 0.1) is 0 Å². The van der Waals surface area contributed by atoms with Crippen LogP contribution in [-0.4, -0.2) is 20.5 Å². The summed E-state index contributed by atoms with van der Waals surface area (Å²) in [7, 11) is 0. The van der Waals surface area contributed by atoms with Crippen molar-refractivity contribution in [2.45, 2.75) is 26.2 Å². The molecule has 0 saturated heterocycles. The second kappa shape index (κ2) is 6.08. The van der Waals surface area contributed by atoms with E-state index in [1.54, 1.807) is 0 Å². The first-order valence-electron chi connectivity index (χ1n) is 7.56. The van der Waals surface area contributed by atoms with E-state index in [1.807, 2.05) is 0 Å². The molecule has 0 fully saturated rings. The number of primary amides is 1. The zero-order chi connectivity index (χ0) is 16.4. The molecule has 6 nitrogen and oxygen atoms in total. The molecule has 3 rings (SSSR count). The van der Waals surface area contributed by atoms with Crippen LogP contribution in [0.2, 0.25) is 0 Å². The lowest BCUT2D eigenvalue weighted by Crippen LogP contribution is -2.17. The summed E-state index contributed by atoms with van der Waals surface area (Å²) in [4.78, 5) is 27.7. The first-order valence-corrected chi connectivity index (χ1v) is 7.56. The number of benzene rings is 1. The number of nitrogens with two attached hydrogens (primary N) is 1. The third-order valence-electron chi connectivity index (χ3n) is 3.87. The molecule has 1 aromatic carbocycles. The Balaban J connectivity index is 1.82. The van der Waals surface area contributed by atoms with E-state index in [9.17, 15) is 9.59 Å². The Morgan fingerprint density at radius 3 is 2.52 bits per heavy atom. The van der Waals surface area contributed by atoms with E-state index < -0.39 is 5.91 Å². The summed E-state index contributed by atoms with van der Waals surface area (Å²) in [6.45, 7) is 2.12. The summed E-state index contributed by atoms with van der Waals surface area (Å²) in [5.74, 6) is -0.618. The molecular weight excluding hydrogens is 292 g/mol. The Bertz CT molecular complexity index is 906. The monoisotopic (exact) mass is 310 g/mol. The molecule has 0 aliphatic heterocycles. The van der Waals surface area contributed by atoms with Gasteiger partial charge in [-0.1, -0.05) is 31.2 Å². The van der Waals surface area contributed by atoms with Crippen molar-refractivity contribution in [1.29, 1.82) is 0 Å². The maximum Gasteiger partial charge on any atom is 0.272 e. The molecule has 0 spiro atoms. The van der Waals surface area contributed by atoms with Gasteiger partial charge in [-0.3, -0.25) is 14.7 Å². The van der Waals surface area contributed by atoms with Gasteiger partial charge < -0.3 is 5.73 Å². The van der Waals surface area contributed by atoms with Crippen LogP contribution in [0.1, 0.15) is 34.2 Å². The highest BCUT2D eigenvalue weighted by atomic mass is 16.1. The van der Waals surface area contributed by atoms with Crippen molar-refractivity contribution in [2.75, 3.05) is 0 Å². The molecule has 2 heterocycles. The van der Waals surface area contributed by atoms with Gasteiger partial charge in [0.15, 0.2) is 5.65 Å². The lowest BCUT2D eigenvalue weighted by Gasteiger charge is -2.03. The number of aromatic nitrogens is 3. The zero-order valence-electron chi connectivity index (χ0n) is 12.9. The van der Waals surface area contributed by atoms with E-state index >= 15 is 0 Å². The molecule has 0 radical (unpaired) electrons. The van der Waals surface area contributed by atoms with Gasteiger partial charge in [-0.15, -0.1) is 0 Å². The summed E-state index contributed by atoms with van der Waals surface area (Å²) >= 11 is 0. The number of hydrogen-bond acceptors (Lipinski definition) is 3. The van der Waals surface area contributed by atoms with Crippen LogP contribution in [0, 0.1) is 0 Å². The fourth-order valence-corrected chi connectivity index (χ4v) is 2.51. The van der Waals surface area contributed by atoms with Gasteiger partial charge in [-0.05, 0) is 30.4 Å². The third-order valence-corrected chi connectivity index (χ3v) is 3.87. The lowest BCUT2D eigenvalue weighted by molar-refractivity contribution is 0.0995. The first kappa shape index (κ1) is 15.0. The molecule has 2 aromatic heterocycles. The number of rotatable bonds is 5. The van der Waals surface area contributed by atoms with Crippen molar-refractivity contribution < 1.29 is 4.79 Å². The predicted molar refractivity (Wildman–Crippen MR) is 87.6 cm³/mol. The number of carbonyl (C=O) groups is 1. The van der Waals surface area contributed by atoms with Crippen molar-refractivity contribution >= 4 is 11.6 Å². The van der Waals surface area contributed by atoms with Crippen LogP contribution >= 0.6 is 0 Å². The van der Waals surface area contributed by atoms with Crippen LogP contribution in [0.15, 0.2) is 41.2 Å². The molecule has 0 saturated carbocycles. The van der Waals surface area contributed by atoms with Crippen molar-refractivity contribution in [2.24, 2.45) is 5.73 Å². The normalized spacial score (nSPS) is 11.0. The Kier molecular flexibility index (Phi) is 3.97.